The van der Waals surface area contributed by atoms with E-state index >= 15 is 0 Å². The third-order valence-electron chi connectivity index (χ3n) is 14.5. The van der Waals surface area contributed by atoms with E-state index in [-0.39, 0.29) is 0 Å². The van der Waals surface area contributed by atoms with Crippen molar-refractivity contribution in [2.75, 3.05) is 9.80 Å². The van der Waals surface area contributed by atoms with Gasteiger partial charge in [0.05, 0.1) is 57.2 Å². The zero-order valence-corrected chi connectivity index (χ0v) is 44.0. The van der Waals surface area contributed by atoms with Crippen molar-refractivity contribution in [1.29, 1.82) is 5.26 Å². The van der Waals surface area contributed by atoms with Crippen LogP contribution in [-0.4, -0.2) is 34.9 Å². The summed E-state index contributed by atoms with van der Waals surface area (Å²) in [5.41, 5.74) is 15.7. The van der Waals surface area contributed by atoms with Gasteiger partial charge in [-0.25, -0.2) is 34.9 Å². The van der Waals surface area contributed by atoms with Crippen LogP contribution in [0.4, 0.5) is 34.3 Å². The second kappa shape index (κ2) is 21.4. The molecule has 0 atom stereocenters. The van der Waals surface area contributed by atoms with Crippen molar-refractivity contribution in [2.45, 2.75) is 0 Å². The highest BCUT2D eigenvalue weighted by molar-refractivity contribution is 6.05. The summed E-state index contributed by atoms with van der Waals surface area (Å²) in [5, 5.41) is 10.1. The molecule has 1 aliphatic heterocycles. The minimum atomic E-state index is 0.457. The van der Waals surface area contributed by atoms with E-state index in [0.717, 1.165) is 95.5 Å². The van der Waals surface area contributed by atoms with E-state index < -0.39 is 0 Å². The number of rotatable bonds is 11. The minimum absolute atomic E-state index is 0.457. The first kappa shape index (κ1) is 48.8. The fourth-order valence-corrected chi connectivity index (χ4v) is 10.6. The van der Waals surface area contributed by atoms with Crippen molar-refractivity contribution >= 4 is 34.3 Å². The van der Waals surface area contributed by atoms with Crippen molar-refractivity contribution in [3.8, 4) is 108 Å². The average Bonchev–Trinajstić information content (AvgIpc) is 2.46. The number of hydrogen-bond acceptors (Lipinski definition) is 10. The van der Waals surface area contributed by atoms with Crippen LogP contribution in [0.1, 0.15) is 5.56 Å². The molecule has 0 saturated heterocycles. The van der Waals surface area contributed by atoms with Crippen LogP contribution >= 0.6 is 0 Å². The number of aromatic nitrogens is 7. The van der Waals surface area contributed by atoms with Crippen molar-refractivity contribution in [3.63, 3.8) is 0 Å². The van der Waals surface area contributed by atoms with Crippen molar-refractivity contribution in [1.82, 2.24) is 34.9 Å². The Morgan fingerprint density at radius 1 is 0.244 bits per heavy atom. The zero-order chi connectivity index (χ0) is 54.8. The van der Waals surface area contributed by atoms with Crippen LogP contribution in [0, 0.1) is 11.3 Å². The lowest BCUT2D eigenvalue weighted by atomic mass is 9.92. The molecule has 0 saturated carbocycles. The summed E-state index contributed by atoms with van der Waals surface area (Å²) in [6.07, 6.45) is 0. The van der Waals surface area contributed by atoms with Gasteiger partial charge in [-0.15, -0.1) is 0 Å². The van der Waals surface area contributed by atoms with Crippen LogP contribution in [0.15, 0.2) is 279 Å². The highest BCUT2D eigenvalue weighted by atomic mass is 15.3. The highest BCUT2D eigenvalue weighted by Gasteiger charge is 2.34. The van der Waals surface area contributed by atoms with Crippen molar-refractivity contribution in [3.05, 3.63) is 285 Å². The molecule has 10 nitrogen and oxygen atoms in total. The SMILES string of the molecule is N#Cc1ccc(-c2cc(N3c4ccccc4N(c4cc(-c5ccccc5)nc(-c5ccccc5)n4)c4ccccc43)c(-c3cc(-c4ccccc4)nc(-c4ccccc4)n3)cc2-c2nc(-c3ccccc3)nc(-c3ccccc3)n2)cc1. The Morgan fingerprint density at radius 3 is 1.06 bits per heavy atom. The topological polar surface area (TPSA) is 120 Å². The Bertz CT molecular complexity index is 4280. The molecule has 0 unspecified atom stereocenters. The van der Waals surface area contributed by atoms with Gasteiger partial charge in [-0.2, -0.15) is 5.26 Å². The summed E-state index contributed by atoms with van der Waals surface area (Å²) >= 11 is 0. The van der Waals surface area contributed by atoms with Crippen molar-refractivity contribution < 1.29 is 0 Å². The Kier molecular flexibility index (Phi) is 12.7. The molecule has 82 heavy (non-hydrogen) atoms. The summed E-state index contributed by atoms with van der Waals surface area (Å²) < 4.78 is 0. The molecule has 384 valence electrons. The number of nitriles is 1. The molecule has 3 aromatic heterocycles. The molecule has 0 radical (unpaired) electrons. The van der Waals surface area contributed by atoms with Gasteiger partial charge in [0.15, 0.2) is 29.1 Å². The van der Waals surface area contributed by atoms with Crippen LogP contribution in [-0.2, 0) is 0 Å². The summed E-state index contributed by atoms with van der Waals surface area (Å²) in [5.74, 6) is 3.38. The molecule has 1 aliphatic rings. The number of benzene rings is 10. The normalized spacial score (nSPS) is 11.6. The number of anilines is 6. The van der Waals surface area contributed by atoms with Gasteiger partial charge >= 0.3 is 0 Å². The molecule has 0 amide bonds. The maximum atomic E-state index is 10.1. The average molecular weight is 1050 g/mol. The summed E-state index contributed by atoms with van der Waals surface area (Å²) in [4.78, 5) is 41.8. The molecule has 10 heteroatoms. The van der Waals surface area contributed by atoms with Gasteiger partial charge in [0, 0.05) is 50.6 Å². The molecule has 10 aromatic carbocycles. The smallest absolute Gasteiger partial charge is 0.164 e. The number of para-hydroxylation sites is 4. The van der Waals surface area contributed by atoms with E-state index in [9.17, 15) is 5.26 Å². The number of nitrogens with zero attached hydrogens (tertiary/aromatic N) is 10. The Hall–Kier alpha value is -11.5. The van der Waals surface area contributed by atoms with Gasteiger partial charge in [0.1, 0.15) is 5.82 Å². The Labute approximate surface area is 474 Å². The first-order valence-corrected chi connectivity index (χ1v) is 26.9. The first-order chi connectivity index (χ1) is 40.6. The molecule has 0 fully saturated rings. The molecule has 0 bridgehead atoms. The number of fused-ring (bicyclic) bond motifs is 2. The van der Waals surface area contributed by atoms with Gasteiger partial charge in [-0.1, -0.05) is 218 Å². The Balaban J connectivity index is 1.07. The molecule has 0 N–H and O–H groups in total. The quantitative estimate of drug-likeness (QED) is 0.124. The van der Waals surface area contributed by atoms with Crippen molar-refractivity contribution in [2.24, 2.45) is 0 Å². The maximum Gasteiger partial charge on any atom is 0.164 e. The lowest BCUT2D eigenvalue weighted by molar-refractivity contribution is 1.07. The van der Waals surface area contributed by atoms with Crippen LogP contribution in [0.5, 0.6) is 0 Å². The van der Waals surface area contributed by atoms with Crippen LogP contribution < -0.4 is 9.80 Å². The van der Waals surface area contributed by atoms with Crippen LogP contribution in [0.2, 0.25) is 0 Å². The van der Waals surface area contributed by atoms with E-state index in [1.54, 1.807) is 0 Å². The second-order valence-electron chi connectivity index (χ2n) is 19.7. The summed E-state index contributed by atoms with van der Waals surface area (Å²) in [6.45, 7) is 0. The standard InChI is InChI=1S/C72H46N10/c73-47-48-39-41-49(42-40-48)56-44-66(81-62-35-19-21-37-64(62)82(65-38-22-20-36-63(65)81)67-46-60(51-25-9-2-10-26-51)75-69(77-67)53-29-13-4-14-30-53)58(61-45-59(50-23-7-1-8-24-50)74-68(76-61)52-27-11-3-12-28-52)43-57(56)72-79-70(54-31-15-5-16-32-54)78-71(80-72)55-33-17-6-18-34-55/h1-46H. The molecule has 14 rings (SSSR count). The third kappa shape index (κ3) is 9.36. The van der Waals surface area contributed by atoms with Gasteiger partial charge in [-0.3, -0.25) is 4.90 Å². The lowest BCUT2D eigenvalue weighted by Gasteiger charge is -2.40. The molecular weight excluding hydrogens is 1000 g/mol. The fourth-order valence-electron chi connectivity index (χ4n) is 10.6. The summed E-state index contributed by atoms with van der Waals surface area (Å²) in [7, 11) is 0. The fraction of sp³-hybridized carbons (Fsp3) is 0. The lowest BCUT2D eigenvalue weighted by Crippen LogP contribution is -2.25. The Morgan fingerprint density at radius 2 is 0.610 bits per heavy atom. The van der Waals surface area contributed by atoms with E-state index in [4.69, 9.17) is 34.9 Å². The monoisotopic (exact) mass is 1050 g/mol. The largest absolute Gasteiger partial charge is 0.306 e. The maximum absolute atomic E-state index is 10.1. The van der Waals surface area contributed by atoms with Crippen LogP contribution in [0.25, 0.3) is 102 Å². The first-order valence-electron chi connectivity index (χ1n) is 26.9. The van der Waals surface area contributed by atoms with Crippen LogP contribution in [0.3, 0.4) is 0 Å². The molecule has 0 spiro atoms. The summed E-state index contributed by atoms with van der Waals surface area (Å²) in [6, 6.07) is 96.2. The predicted octanol–water partition coefficient (Wildman–Crippen LogP) is 17.6. The second-order valence-corrected chi connectivity index (χ2v) is 19.7. The van der Waals surface area contributed by atoms with Gasteiger partial charge in [-0.05, 0) is 65.7 Å². The predicted molar refractivity (Wildman–Crippen MR) is 328 cm³/mol. The van der Waals surface area contributed by atoms with Gasteiger partial charge < -0.3 is 4.90 Å². The van der Waals surface area contributed by atoms with Gasteiger partial charge in [0.25, 0.3) is 0 Å². The van der Waals surface area contributed by atoms with E-state index in [1.165, 1.54) is 0 Å². The molecule has 13 aromatic rings. The highest BCUT2D eigenvalue weighted by Crippen LogP contribution is 2.57. The van der Waals surface area contributed by atoms with E-state index in [0.29, 0.717) is 46.2 Å². The van der Waals surface area contributed by atoms with Gasteiger partial charge in [0.2, 0.25) is 0 Å². The van der Waals surface area contributed by atoms with E-state index in [2.05, 4.69) is 113 Å². The third-order valence-corrected chi connectivity index (χ3v) is 14.5. The number of hydrogen-bond donors (Lipinski definition) is 0. The molecule has 0 aliphatic carbocycles. The minimum Gasteiger partial charge on any atom is -0.306 e. The molecular formula is C72H46N10. The zero-order valence-electron chi connectivity index (χ0n) is 44.0. The molecule has 4 heterocycles. The van der Waals surface area contributed by atoms with E-state index in [1.807, 2.05) is 182 Å².